The van der Waals surface area contributed by atoms with Crippen molar-refractivity contribution in [3.8, 4) is 5.75 Å². The molecule has 1 unspecified atom stereocenters. The Labute approximate surface area is 174 Å². The van der Waals surface area contributed by atoms with E-state index in [0.717, 1.165) is 11.1 Å². The van der Waals surface area contributed by atoms with Crippen LogP contribution in [-0.2, 0) is 9.59 Å². The van der Waals surface area contributed by atoms with Gasteiger partial charge >= 0.3 is 0 Å². The molecule has 1 fully saturated rings. The number of benzene rings is 2. The van der Waals surface area contributed by atoms with Crippen LogP contribution in [0.3, 0.4) is 0 Å². The molecule has 152 valence electrons. The Morgan fingerprint density at radius 2 is 1.80 bits per heavy atom. The largest absolute Gasteiger partial charge is 0.507 e. The van der Waals surface area contributed by atoms with Gasteiger partial charge in [-0.15, -0.1) is 0 Å². The topological polar surface area (TPSA) is 80.0 Å². The predicted octanol–water partition coefficient (Wildman–Crippen LogP) is 4.53. The molecule has 30 heavy (non-hydrogen) atoms. The maximum absolute atomic E-state index is 13.1. The Balaban J connectivity index is 1.92. The molecule has 1 amide bonds. The molecule has 4 rings (SSSR count). The minimum Gasteiger partial charge on any atom is -0.507 e. The van der Waals surface area contributed by atoms with Gasteiger partial charge in [-0.1, -0.05) is 12.1 Å². The third kappa shape index (κ3) is 3.16. The van der Waals surface area contributed by atoms with E-state index in [0.29, 0.717) is 22.8 Å². The number of Topliss-reactive ketones (excluding diaryl/α,β-unsaturated/α-hetero) is 1. The molecule has 6 nitrogen and oxygen atoms in total. The first-order valence-electron chi connectivity index (χ1n) is 9.48. The third-order valence-electron chi connectivity index (χ3n) is 5.24. The molecule has 1 aromatic heterocycles. The molecule has 3 aromatic rings. The Morgan fingerprint density at radius 3 is 2.43 bits per heavy atom. The molecule has 0 bridgehead atoms. The fourth-order valence-corrected chi connectivity index (χ4v) is 3.68. The number of amides is 1. The Kier molecular flexibility index (Phi) is 4.91. The quantitative estimate of drug-likeness (QED) is 0.393. The minimum absolute atomic E-state index is 0.0129. The lowest BCUT2D eigenvalue weighted by Crippen LogP contribution is -2.30. The number of ketones is 1. The number of carbonyl (C=O) groups is 2. The molecule has 6 heteroatoms. The zero-order valence-electron chi connectivity index (χ0n) is 16.9. The highest BCUT2D eigenvalue weighted by Crippen LogP contribution is 2.43. The second kappa shape index (κ2) is 7.55. The summed E-state index contributed by atoms with van der Waals surface area (Å²) in [7, 11) is 1.54. The number of aliphatic hydroxyl groups excluding tert-OH is 1. The van der Waals surface area contributed by atoms with Crippen molar-refractivity contribution in [3.05, 3.63) is 88.9 Å². The van der Waals surface area contributed by atoms with Crippen LogP contribution in [0.4, 0.5) is 5.69 Å². The lowest BCUT2D eigenvalue weighted by molar-refractivity contribution is -0.132. The van der Waals surface area contributed by atoms with Crippen molar-refractivity contribution in [1.82, 2.24) is 0 Å². The number of aryl methyl sites for hydroxylation is 2. The number of methoxy groups -OCH3 is 1. The first-order chi connectivity index (χ1) is 14.4. The number of aliphatic hydroxyl groups is 1. The van der Waals surface area contributed by atoms with Crippen LogP contribution >= 0.6 is 0 Å². The average molecular weight is 403 g/mol. The predicted molar refractivity (Wildman–Crippen MR) is 112 cm³/mol. The highest BCUT2D eigenvalue weighted by atomic mass is 16.5. The van der Waals surface area contributed by atoms with Crippen molar-refractivity contribution in [3.63, 3.8) is 0 Å². The number of anilines is 1. The van der Waals surface area contributed by atoms with Crippen LogP contribution in [0, 0.1) is 13.8 Å². The van der Waals surface area contributed by atoms with E-state index in [2.05, 4.69) is 0 Å². The first kappa shape index (κ1) is 19.5. The third-order valence-corrected chi connectivity index (χ3v) is 5.24. The number of hydrogen-bond acceptors (Lipinski definition) is 5. The van der Waals surface area contributed by atoms with Gasteiger partial charge in [-0.3, -0.25) is 14.5 Å². The second-order valence-corrected chi connectivity index (χ2v) is 7.20. The standard InChI is InChI=1S/C24H21NO5/c1-14-6-7-15(2)18(13-14)25-21(19-5-4-12-30-19)20(23(27)24(25)28)22(26)16-8-10-17(29-3)11-9-16/h4-13,21,26H,1-3H3/b22-20-. The van der Waals surface area contributed by atoms with E-state index in [1.165, 1.54) is 11.2 Å². The molecular weight excluding hydrogens is 382 g/mol. The molecule has 1 aliphatic rings. The van der Waals surface area contributed by atoms with Gasteiger partial charge in [0.05, 0.1) is 18.9 Å². The van der Waals surface area contributed by atoms with Crippen LogP contribution in [0.5, 0.6) is 5.75 Å². The normalized spacial score (nSPS) is 18.1. The number of carbonyl (C=O) groups excluding carboxylic acids is 2. The highest BCUT2D eigenvalue weighted by Gasteiger charge is 2.48. The van der Waals surface area contributed by atoms with E-state index in [1.54, 1.807) is 43.5 Å². The van der Waals surface area contributed by atoms with E-state index in [9.17, 15) is 14.7 Å². The maximum atomic E-state index is 13.1. The lowest BCUT2D eigenvalue weighted by atomic mass is 9.98. The van der Waals surface area contributed by atoms with E-state index in [-0.39, 0.29) is 11.3 Å². The molecule has 2 heterocycles. The highest BCUT2D eigenvalue weighted by molar-refractivity contribution is 6.51. The van der Waals surface area contributed by atoms with Gasteiger partial charge in [0, 0.05) is 11.3 Å². The minimum atomic E-state index is -0.873. The summed E-state index contributed by atoms with van der Waals surface area (Å²) in [6.45, 7) is 3.79. The number of furan rings is 1. The van der Waals surface area contributed by atoms with Crippen LogP contribution in [0.15, 0.2) is 70.9 Å². The maximum Gasteiger partial charge on any atom is 0.300 e. The zero-order valence-corrected chi connectivity index (χ0v) is 16.9. The van der Waals surface area contributed by atoms with Gasteiger partial charge < -0.3 is 14.3 Å². The van der Waals surface area contributed by atoms with Crippen LogP contribution < -0.4 is 9.64 Å². The summed E-state index contributed by atoms with van der Waals surface area (Å²) in [5, 5.41) is 11.0. The second-order valence-electron chi connectivity index (χ2n) is 7.20. The summed E-state index contributed by atoms with van der Waals surface area (Å²) in [6.07, 6.45) is 1.48. The van der Waals surface area contributed by atoms with Gasteiger partial charge in [0.2, 0.25) is 0 Å². The molecule has 1 atom stereocenters. The van der Waals surface area contributed by atoms with Crippen LogP contribution in [0.2, 0.25) is 0 Å². The summed E-state index contributed by atoms with van der Waals surface area (Å²) >= 11 is 0. The number of nitrogens with zero attached hydrogens (tertiary/aromatic N) is 1. The first-order valence-corrected chi connectivity index (χ1v) is 9.48. The van der Waals surface area contributed by atoms with Gasteiger partial charge in [-0.25, -0.2) is 0 Å². The Bertz CT molecular complexity index is 1140. The molecular formula is C24H21NO5. The summed E-state index contributed by atoms with van der Waals surface area (Å²) in [6, 6.07) is 14.8. The summed E-state index contributed by atoms with van der Waals surface area (Å²) < 4.78 is 10.7. The molecule has 1 saturated heterocycles. The number of hydrogen-bond donors (Lipinski definition) is 1. The van der Waals surface area contributed by atoms with Gasteiger partial charge in [0.1, 0.15) is 23.3 Å². The zero-order chi connectivity index (χ0) is 21.4. The van der Waals surface area contributed by atoms with Gasteiger partial charge in [-0.05, 0) is 67.4 Å². The molecule has 2 aromatic carbocycles. The van der Waals surface area contributed by atoms with Crippen LogP contribution in [0.25, 0.3) is 5.76 Å². The van der Waals surface area contributed by atoms with E-state index < -0.39 is 17.7 Å². The SMILES string of the molecule is COc1ccc(/C(O)=C2/C(=O)C(=O)N(c3cc(C)ccc3C)C2c2ccco2)cc1. The van der Waals surface area contributed by atoms with E-state index in [4.69, 9.17) is 9.15 Å². The van der Waals surface area contributed by atoms with Crippen molar-refractivity contribution in [2.75, 3.05) is 12.0 Å². The fraction of sp³-hybridized carbons (Fsp3) is 0.167. The van der Waals surface area contributed by atoms with Gasteiger partial charge in [-0.2, -0.15) is 0 Å². The summed E-state index contributed by atoms with van der Waals surface area (Å²) in [4.78, 5) is 27.5. The molecule has 1 aliphatic heterocycles. The summed E-state index contributed by atoms with van der Waals surface area (Å²) in [5.74, 6) is -0.717. The number of rotatable bonds is 4. The van der Waals surface area contributed by atoms with E-state index in [1.807, 2.05) is 32.0 Å². The van der Waals surface area contributed by atoms with Crippen molar-refractivity contribution in [2.24, 2.45) is 0 Å². The molecule has 0 aliphatic carbocycles. The smallest absolute Gasteiger partial charge is 0.300 e. The summed E-state index contributed by atoms with van der Waals surface area (Å²) in [5.41, 5.74) is 2.79. The van der Waals surface area contributed by atoms with Crippen molar-refractivity contribution in [2.45, 2.75) is 19.9 Å². The Morgan fingerprint density at radius 1 is 1.07 bits per heavy atom. The molecule has 0 spiro atoms. The molecule has 0 radical (unpaired) electrons. The van der Waals surface area contributed by atoms with Crippen molar-refractivity contribution >= 4 is 23.1 Å². The Hall–Kier alpha value is -3.80. The lowest BCUT2D eigenvalue weighted by Gasteiger charge is -2.25. The monoisotopic (exact) mass is 403 g/mol. The van der Waals surface area contributed by atoms with Gasteiger partial charge in [0.25, 0.3) is 11.7 Å². The van der Waals surface area contributed by atoms with Gasteiger partial charge in [0.15, 0.2) is 0 Å². The van der Waals surface area contributed by atoms with E-state index >= 15 is 0 Å². The average Bonchev–Trinajstić information content (AvgIpc) is 3.37. The van der Waals surface area contributed by atoms with Crippen LogP contribution in [-0.4, -0.2) is 23.9 Å². The number of ether oxygens (including phenoxy) is 1. The van der Waals surface area contributed by atoms with Crippen molar-refractivity contribution < 1.29 is 23.8 Å². The fourth-order valence-electron chi connectivity index (χ4n) is 3.68. The van der Waals surface area contributed by atoms with Crippen molar-refractivity contribution in [1.29, 1.82) is 0 Å². The molecule has 1 N–H and O–H groups in total. The van der Waals surface area contributed by atoms with Crippen LogP contribution in [0.1, 0.15) is 28.5 Å². The molecule has 0 saturated carbocycles.